The van der Waals surface area contributed by atoms with Gasteiger partial charge in [-0.2, -0.15) is 8.42 Å². The first kappa shape index (κ1) is 7.55. The van der Waals surface area contributed by atoms with Gasteiger partial charge in [0.25, 0.3) is 10.1 Å². The Balaban J connectivity index is 1.89. The van der Waals surface area contributed by atoms with E-state index in [1.807, 2.05) is 0 Å². The topological polar surface area (TPSA) is 43.4 Å². The summed E-state index contributed by atoms with van der Waals surface area (Å²) in [5.41, 5.74) is 0. The molecule has 0 aromatic heterocycles. The molecule has 0 radical (unpaired) electrons. The summed E-state index contributed by atoms with van der Waals surface area (Å²) in [7, 11) is -3.21. The van der Waals surface area contributed by atoms with E-state index in [-0.39, 0.29) is 6.10 Å². The van der Waals surface area contributed by atoms with E-state index in [0.717, 1.165) is 30.9 Å². The second kappa shape index (κ2) is 2.20. The molecule has 2 unspecified atom stereocenters. The van der Waals surface area contributed by atoms with Gasteiger partial charge in [-0.25, -0.2) is 0 Å². The molecule has 0 heterocycles. The van der Waals surface area contributed by atoms with Crippen LogP contribution in [0.15, 0.2) is 0 Å². The van der Waals surface area contributed by atoms with Crippen LogP contribution in [-0.4, -0.2) is 20.8 Å². The van der Waals surface area contributed by atoms with Gasteiger partial charge in [-0.3, -0.25) is 4.18 Å². The Morgan fingerprint density at radius 2 is 1.73 bits per heavy atom. The molecule has 0 amide bonds. The van der Waals surface area contributed by atoms with Crippen LogP contribution in [0.3, 0.4) is 0 Å². The van der Waals surface area contributed by atoms with E-state index < -0.39 is 10.1 Å². The molecule has 0 bridgehead atoms. The molecule has 2 saturated carbocycles. The van der Waals surface area contributed by atoms with Crippen molar-refractivity contribution in [1.82, 2.24) is 0 Å². The van der Waals surface area contributed by atoms with Crippen LogP contribution in [0.25, 0.3) is 0 Å². The van der Waals surface area contributed by atoms with Crippen molar-refractivity contribution in [3.05, 3.63) is 0 Å². The Kier molecular flexibility index (Phi) is 1.51. The first-order valence-corrected chi connectivity index (χ1v) is 5.74. The Hall–Kier alpha value is -0.0900. The molecule has 4 heteroatoms. The highest BCUT2D eigenvalue weighted by atomic mass is 32.2. The molecular weight excluding hydrogens is 164 g/mol. The van der Waals surface area contributed by atoms with Gasteiger partial charge in [0.1, 0.15) is 0 Å². The standard InChI is InChI=1S/C7H12O3S/c1-11(8,9)10-7-3-5-2-6(5)4-7/h5-7H,2-4H2,1H3/t5-,6?,7?/m0/s1. The van der Waals surface area contributed by atoms with Crippen LogP contribution in [-0.2, 0) is 14.3 Å². The molecule has 2 rings (SSSR count). The summed E-state index contributed by atoms with van der Waals surface area (Å²) in [6.07, 6.45) is 4.32. The minimum atomic E-state index is -3.21. The zero-order valence-corrected chi connectivity index (χ0v) is 7.30. The molecule has 11 heavy (non-hydrogen) atoms. The van der Waals surface area contributed by atoms with E-state index in [4.69, 9.17) is 4.18 Å². The molecule has 3 nitrogen and oxygen atoms in total. The smallest absolute Gasteiger partial charge is 0.264 e. The van der Waals surface area contributed by atoms with Gasteiger partial charge in [0.2, 0.25) is 0 Å². The number of rotatable bonds is 2. The van der Waals surface area contributed by atoms with Gasteiger partial charge >= 0.3 is 0 Å². The van der Waals surface area contributed by atoms with Crippen molar-refractivity contribution < 1.29 is 12.6 Å². The van der Waals surface area contributed by atoms with E-state index in [0.29, 0.717) is 0 Å². The monoisotopic (exact) mass is 176 g/mol. The molecule has 0 aromatic rings. The summed E-state index contributed by atoms with van der Waals surface area (Å²) in [4.78, 5) is 0. The molecule has 0 saturated heterocycles. The summed E-state index contributed by atoms with van der Waals surface area (Å²) in [6.45, 7) is 0. The van der Waals surface area contributed by atoms with Gasteiger partial charge < -0.3 is 0 Å². The average Bonchev–Trinajstić information content (AvgIpc) is 2.36. The number of hydrogen-bond acceptors (Lipinski definition) is 3. The number of hydrogen-bond donors (Lipinski definition) is 0. The lowest BCUT2D eigenvalue weighted by Crippen LogP contribution is -2.15. The second-order valence-electron chi connectivity index (χ2n) is 3.65. The predicted molar refractivity (Wildman–Crippen MR) is 40.5 cm³/mol. The molecule has 0 aromatic carbocycles. The van der Waals surface area contributed by atoms with Gasteiger partial charge in [-0.1, -0.05) is 0 Å². The van der Waals surface area contributed by atoms with Gasteiger partial charge in [-0.15, -0.1) is 0 Å². The van der Waals surface area contributed by atoms with E-state index in [1.165, 1.54) is 6.42 Å². The molecular formula is C7H12O3S. The second-order valence-corrected chi connectivity index (χ2v) is 5.25. The Morgan fingerprint density at radius 1 is 1.18 bits per heavy atom. The van der Waals surface area contributed by atoms with Crippen LogP contribution in [0.4, 0.5) is 0 Å². The van der Waals surface area contributed by atoms with E-state index >= 15 is 0 Å². The van der Waals surface area contributed by atoms with E-state index in [9.17, 15) is 8.42 Å². The van der Waals surface area contributed by atoms with Crippen molar-refractivity contribution in [1.29, 1.82) is 0 Å². The third-order valence-corrected chi connectivity index (χ3v) is 3.13. The van der Waals surface area contributed by atoms with E-state index in [2.05, 4.69) is 0 Å². The zero-order valence-electron chi connectivity index (χ0n) is 6.49. The molecule has 0 spiro atoms. The lowest BCUT2D eigenvalue weighted by atomic mass is 10.2. The third-order valence-electron chi connectivity index (χ3n) is 2.51. The maximum Gasteiger partial charge on any atom is 0.264 e. The van der Waals surface area contributed by atoms with Crippen molar-refractivity contribution in [2.45, 2.75) is 25.4 Å². The van der Waals surface area contributed by atoms with E-state index in [1.54, 1.807) is 0 Å². The van der Waals surface area contributed by atoms with Gasteiger partial charge in [0, 0.05) is 0 Å². The first-order valence-electron chi connectivity index (χ1n) is 3.93. The van der Waals surface area contributed by atoms with Crippen LogP contribution < -0.4 is 0 Å². The minimum Gasteiger partial charge on any atom is -0.267 e. The van der Waals surface area contributed by atoms with Crippen LogP contribution in [0, 0.1) is 11.8 Å². The van der Waals surface area contributed by atoms with Crippen molar-refractivity contribution in [2.75, 3.05) is 6.26 Å². The van der Waals surface area contributed by atoms with Crippen molar-refractivity contribution in [2.24, 2.45) is 11.8 Å². The first-order chi connectivity index (χ1) is 5.04. The molecule has 2 fully saturated rings. The molecule has 2 aliphatic rings. The summed E-state index contributed by atoms with van der Waals surface area (Å²) in [5.74, 6) is 1.56. The Labute approximate surface area is 66.9 Å². The van der Waals surface area contributed by atoms with Crippen LogP contribution in [0.5, 0.6) is 0 Å². The fourth-order valence-electron chi connectivity index (χ4n) is 1.98. The highest BCUT2D eigenvalue weighted by Crippen LogP contribution is 2.52. The third kappa shape index (κ3) is 1.73. The van der Waals surface area contributed by atoms with Crippen molar-refractivity contribution >= 4 is 10.1 Å². The summed E-state index contributed by atoms with van der Waals surface area (Å²) >= 11 is 0. The summed E-state index contributed by atoms with van der Waals surface area (Å²) in [5, 5.41) is 0. The maximum absolute atomic E-state index is 10.7. The Morgan fingerprint density at radius 3 is 2.18 bits per heavy atom. The van der Waals surface area contributed by atoms with Gasteiger partial charge in [0.15, 0.2) is 0 Å². The predicted octanol–water partition coefficient (Wildman–Crippen LogP) is 0.761. The fourth-order valence-corrected chi connectivity index (χ4v) is 2.64. The van der Waals surface area contributed by atoms with Crippen LogP contribution in [0.1, 0.15) is 19.3 Å². The van der Waals surface area contributed by atoms with Gasteiger partial charge in [0.05, 0.1) is 12.4 Å². The quantitative estimate of drug-likeness (QED) is 0.583. The largest absolute Gasteiger partial charge is 0.267 e. The van der Waals surface area contributed by atoms with Crippen LogP contribution >= 0.6 is 0 Å². The fraction of sp³-hybridized carbons (Fsp3) is 1.00. The Bertz CT molecular complexity index is 247. The highest BCUT2D eigenvalue weighted by Gasteiger charge is 2.47. The molecule has 2 aliphatic carbocycles. The molecule has 3 atom stereocenters. The maximum atomic E-state index is 10.7. The summed E-state index contributed by atoms with van der Waals surface area (Å²) < 4.78 is 26.2. The SMILES string of the molecule is CS(=O)(=O)OC1CC2C[C@H]2C1. The van der Waals surface area contributed by atoms with Crippen molar-refractivity contribution in [3.8, 4) is 0 Å². The van der Waals surface area contributed by atoms with Crippen LogP contribution in [0.2, 0.25) is 0 Å². The molecule has 0 aliphatic heterocycles. The lowest BCUT2D eigenvalue weighted by molar-refractivity contribution is 0.204. The van der Waals surface area contributed by atoms with Gasteiger partial charge in [-0.05, 0) is 31.1 Å². The number of fused-ring (bicyclic) bond motifs is 1. The van der Waals surface area contributed by atoms with Crippen molar-refractivity contribution in [3.63, 3.8) is 0 Å². The average molecular weight is 176 g/mol. The highest BCUT2D eigenvalue weighted by molar-refractivity contribution is 7.86. The minimum absolute atomic E-state index is 0.00579. The summed E-state index contributed by atoms with van der Waals surface area (Å²) in [6, 6.07) is 0. The normalized spacial score (nSPS) is 42.1. The lowest BCUT2D eigenvalue weighted by Gasteiger charge is -2.09. The zero-order chi connectivity index (χ0) is 8.06. The molecule has 0 N–H and O–H groups in total. The molecule has 64 valence electrons.